The minimum Gasteiger partial charge on any atom is -0.459 e. The molecule has 0 aliphatic heterocycles. The van der Waals surface area contributed by atoms with Gasteiger partial charge in [0.1, 0.15) is 5.00 Å². The van der Waals surface area contributed by atoms with Crippen LogP contribution in [0.5, 0.6) is 0 Å². The van der Waals surface area contributed by atoms with Gasteiger partial charge in [-0.1, -0.05) is 5.10 Å². The third-order valence-electron chi connectivity index (χ3n) is 4.33. The Kier molecular flexibility index (Phi) is 5.78. The second-order valence-corrected chi connectivity index (χ2v) is 8.08. The van der Waals surface area contributed by atoms with Gasteiger partial charge in [0.05, 0.1) is 23.4 Å². The van der Waals surface area contributed by atoms with Crippen molar-refractivity contribution in [2.24, 2.45) is 0 Å². The van der Waals surface area contributed by atoms with Crippen molar-refractivity contribution in [3.8, 4) is 0 Å². The van der Waals surface area contributed by atoms with Gasteiger partial charge in [0.25, 0.3) is 5.91 Å². The van der Waals surface area contributed by atoms with E-state index in [0.717, 1.165) is 40.8 Å². The summed E-state index contributed by atoms with van der Waals surface area (Å²) < 4.78 is 6.41. The number of thiophene rings is 1. The van der Waals surface area contributed by atoms with Crippen LogP contribution in [0, 0.1) is 17.0 Å². The van der Waals surface area contributed by atoms with Crippen molar-refractivity contribution in [3.63, 3.8) is 0 Å². The number of carbonyl (C=O) groups is 2. The molecule has 0 aromatic carbocycles. The number of fused-ring (bicyclic) bond motifs is 1. The predicted molar refractivity (Wildman–Crippen MR) is 104 cm³/mol. The maximum absolute atomic E-state index is 12.6. The highest BCUT2D eigenvalue weighted by molar-refractivity contribution is 7.17. The molecule has 28 heavy (non-hydrogen) atoms. The van der Waals surface area contributed by atoms with Crippen molar-refractivity contribution in [3.05, 3.63) is 37.9 Å². The molecule has 0 unspecified atom stereocenters. The molecule has 0 radical (unpaired) electrons. The van der Waals surface area contributed by atoms with E-state index in [1.54, 1.807) is 20.8 Å². The molecule has 0 saturated carbocycles. The maximum atomic E-state index is 12.6. The van der Waals surface area contributed by atoms with Gasteiger partial charge in [-0.15, -0.1) is 16.0 Å². The molecule has 150 valence electrons. The van der Waals surface area contributed by atoms with Crippen molar-refractivity contribution in [2.45, 2.75) is 59.1 Å². The molecule has 0 spiro atoms. The number of anilines is 1. The van der Waals surface area contributed by atoms with Crippen LogP contribution in [-0.4, -0.2) is 32.7 Å². The van der Waals surface area contributed by atoms with Gasteiger partial charge in [0, 0.05) is 4.88 Å². The molecule has 10 heteroatoms. The molecule has 1 amide bonds. The number of hydrogen-bond donors (Lipinski definition) is 1. The van der Waals surface area contributed by atoms with E-state index in [-0.39, 0.29) is 18.5 Å². The summed E-state index contributed by atoms with van der Waals surface area (Å²) in [7, 11) is 0. The van der Waals surface area contributed by atoms with E-state index < -0.39 is 16.8 Å². The maximum Gasteiger partial charge on any atom is 0.345 e. The van der Waals surface area contributed by atoms with Crippen molar-refractivity contribution >= 4 is 34.0 Å². The van der Waals surface area contributed by atoms with Crippen LogP contribution in [0.3, 0.4) is 0 Å². The number of carbonyl (C=O) groups excluding carboxylic acids is 2. The number of esters is 1. The summed E-state index contributed by atoms with van der Waals surface area (Å²) in [5.41, 5.74) is 1.80. The minimum atomic E-state index is -0.581. The fourth-order valence-corrected chi connectivity index (χ4v) is 4.53. The van der Waals surface area contributed by atoms with Gasteiger partial charge in [0.2, 0.25) is 0 Å². The highest BCUT2D eigenvalue weighted by Crippen LogP contribution is 2.38. The average Bonchev–Trinajstić information content (AvgIpc) is 3.13. The average molecular weight is 406 g/mol. The SMILES string of the molecule is Cc1cc([N+](=O)[O-])n(CC(=O)Nc2sc3c(c2C(=O)OC(C)C)CCCC3)n1. The van der Waals surface area contributed by atoms with E-state index in [2.05, 4.69) is 10.4 Å². The van der Waals surface area contributed by atoms with Gasteiger partial charge >= 0.3 is 11.8 Å². The third kappa shape index (κ3) is 4.22. The van der Waals surface area contributed by atoms with Gasteiger partial charge in [-0.2, -0.15) is 0 Å². The highest BCUT2D eigenvalue weighted by atomic mass is 32.1. The normalized spacial score (nSPS) is 13.3. The van der Waals surface area contributed by atoms with Crippen LogP contribution in [0.2, 0.25) is 0 Å². The van der Waals surface area contributed by atoms with Crippen LogP contribution in [0.1, 0.15) is 53.2 Å². The zero-order valence-electron chi connectivity index (χ0n) is 16.0. The fraction of sp³-hybridized carbons (Fsp3) is 0.500. The molecule has 2 aromatic heterocycles. The van der Waals surface area contributed by atoms with Crippen molar-refractivity contribution < 1.29 is 19.2 Å². The lowest BCUT2D eigenvalue weighted by Gasteiger charge is -2.14. The first-order valence-corrected chi connectivity index (χ1v) is 9.92. The van der Waals surface area contributed by atoms with Gasteiger partial charge in [-0.25, -0.2) is 4.79 Å². The fourth-order valence-electron chi connectivity index (χ4n) is 3.24. The Labute approximate surface area is 165 Å². The second kappa shape index (κ2) is 8.09. The first-order chi connectivity index (χ1) is 13.3. The number of nitrogens with zero attached hydrogens (tertiary/aromatic N) is 3. The van der Waals surface area contributed by atoms with E-state index in [9.17, 15) is 19.7 Å². The first-order valence-electron chi connectivity index (χ1n) is 9.10. The van der Waals surface area contributed by atoms with Crippen LogP contribution in [0.15, 0.2) is 6.07 Å². The summed E-state index contributed by atoms with van der Waals surface area (Å²) in [6.45, 7) is 4.85. The van der Waals surface area contributed by atoms with Crippen molar-refractivity contribution in [2.75, 3.05) is 5.32 Å². The van der Waals surface area contributed by atoms with E-state index in [0.29, 0.717) is 16.3 Å². The van der Waals surface area contributed by atoms with Gasteiger partial charge in [-0.05, 0) is 56.9 Å². The molecule has 1 N–H and O–H groups in total. The number of nitrogens with one attached hydrogen (secondary N) is 1. The third-order valence-corrected chi connectivity index (χ3v) is 5.54. The Hall–Kier alpha value is -2.75. The Balaban J connectivity index is 1.85. The molecule has 1 aliphatic rings. The quantitative estimate of drug-likeness (QED) is 0.447. The molecule has 0 saturated heterocycles. The van der Waals surface area contributed by atoms with E-state index >= 15 is 0 Å². The summed E-state index contributed by atoms with van der Waals surface area (Å²) in [6, 6.07) is 1.31. The smallest absolute Gasteiger partial charge is 0.345 e. The first kappa shape index (κ1) is 20.0. The lowest BCUT2D eigenvalue weighted by Crippen LogP contribution is -2.22. The molecule has 2 aromatic rings. The van der Waals surface area contributed by atoms with Crippen LogP contribution in [-0.2, 0) is 28.9 Å². The van der Waals surface area contributed by atoms with E-state index in [1.807, 2.05) is 0 Å². The minimum absolute atomic E-state index is 0.252. The number of hydrogen-bond acceptors (Lipinski definition) is 7. The van der Waals surface area contributed by atoms with Crippen LogP contribution >= 0.6 is 11.3 Å². The van der Waals surface area contributed by atoms with Crippen LogP contribution < -0.4 is 5.32 Å². The number of ether oxygens (including phenoxy) is 1. The number of aromatic nitrogens is 2. The molecule has 3 rings (SSSR count). The summed E-state index contributed by atoms with van der Waals surface area (Å²) in [5.74, 6) is -1.19. The van der Waals surface area contributed by atoms with Gasteiger partial charge in [-0.3, -0.25) is 4.79 Å². The van der Waals surface area contributed by atoms with Gasteiger partial charge < -0.3 is 20.2 Å². The standard InChI is InChI=1S/C18H22N4O5S/c1-10(2)27-18(24)16-12-6-4-5-7-13(12)28-17(16)19-14(23)9-21-15(22(25)26)8-11(3)20-21/h8,10H,4-7,9H2,1-3H3,(H,19,23). The zero-order valence-corrected chi connectivity index (χ0v) is 16.8. The lowest BCUT2D eigenvalue weighted by atomic mass is 9.95. The Bertz CT molecular complexity index is 931. The summed E-state index contributed by atoms with van der Waals surface area (Å²) >= 11 is 1.38. The molecular formula is C18H22N4O5S. The number of aryl methyl sites for hydroxylation is 2. The number of rotatable bonds is 6. The van der Waals surface area contributed by atoms with Crippen molar-refractivity contribution in [1.82, 2.24) is 9.78 Å². The monoisotopic (exact) mass is 406 g/mol. The Morgan fingerprint density at radius 3 is 2.79 bits per heavy atom. The zero-order chi connectivity index (χ0) is 20.4. The topological polar surface area (TPSA) is 116 Å². The molecule has 0 atom stereocenters. The predicted octanol–water partition coefficient (Wildman–Crippen LogP) is 3.24. The Morgan fingerprint density at radius 2 is 2.11 bits per heavy atom. The molecule has 0 bridgehead atoms. The second-order valence-electron chi connectivity index (χ2n) is 6.98. The van der Waals surface area contributed by atoms with Crippen molar-refractivity contribution in [1.29, 1.82) is 0 Å². The number of amides is 1. The summed E-state index contributed by atoms with van der Waals surface area (Å²) in [5, 5.41) is 18.3. The summed E-state index contributed by atoms with van der Waals surface area (Å²) in [4.78, 5) is 36.8. The van der Waals surface area contributed by atoms with Crippen LogP contribution in [0.25, 0.3) is 0 Å². The van der Waals surface area contributed by atoms with Crippen LogP contribution in [0.4, 0.5) is 10.8 Å². The molecule has 1 aliphatic carbocycles. The molecule has 2 heterocycles. The highest BCUT2D eigenvalue weighted by Gasteiger charge is 2.28. The van der Waals surface area contributed by atoms with E-state index in [4.69, 9.17) is 4.74 Å². The number of nitro groups is 1. The van der Waals surface area contributed by atoms with E-state index in [1.165, 1.54) is 17.4 Å². The molecule has 9 nitrogen and oxygen atoms in total. The van der Waals surface area contributed by atoms with Gasteiger partial charge in [0.15, 0.2) is 6.54 Å². The lowest BCUT2D eigenvalue weighted by molar-refractivity contribution is -0.392. The largest absolute Gasteiger partial charge is 0.459 e. The Morgan fingerprint density at radius 1 is 1.39 bits per heavy atom. The summed E-state index contributed by atoms with van der Waals surface area (Å²) in [6.07, 6.45) is 3.39. The molecular weight excluding hydrogens is 384 g/mol. The molecule has 0 fully saturated rings.